The van der Waals surface area contributed by atoms with Gasteiger partial charge in [-0.3, -0.25) is 14.4 Å². The van der Waals surface area contributed by atoms with Gasteiger partial charge in [0.05, 0.1) is 12.3 Å². The van der Waals surface area contributed by atoms with E-state index in [1.807, 2.05) is 30.3 Å². The fourth-order valence-electron chi connectivity index (χ4n) is 4.36. The number of fused-ring (bicyclic) bond motifs is 2. The molecule has 12 nitrogen and oxygen atoms in total. The van der Waals surface area contributed by atoms with E-state index in [1.165, 1.54) is 25.7 Å². The zero-order chi connectivity index (χ0) is 27.4. The van der Waals surface area contributed by atoms with Crippen LogP contribution in [0.1, 0.15) is 61.6 Å². The SMILES string of the molecule is CNC(=O)O/N=C/c1ccc2c(c1)CCC2NC(=O)c1cc(C(=O)NCc2ccc3oc(C)nc3c2)ncn1. The van der Waals surface area contributed by atoms with Crippen molar-refractivity contribution in [3.63, 3.8) is 0 Å². The molecule has 0 saturated heterocycles. The molecule has 1 atom stereocenters. The highest BCUT2D eigenvalue weighted by Gasteiger charge is 2.25. The van der Waals surface area contributed by atoms with Crippen molar-refractivity contribution < 1.29 is 23.6 Å². The third-order valence-electron chi connectivity index (χ3n) is 6.24. The molecule has 0 aliphatic heterocycles. The molecule has 0 radical (unpaired) electrons. The lowest BCUT2D eigenvalue weighted by Crippen LogP contribution is -2.29. The molecule has 5 rings (SSSR count). The first kappa shape index (κ1) is 25.5. The van der Waals surface area contributed by atoms with Crippen LogP contribution >= 0.6 is 0 Å². The Kier molecular flexibility index (Phi) is 7.26. The molecule has 2 heterocycles. The van der Waals surface area contributed by atoms with Crippen molar-refractivity contribution in [2.24, 2.45) is 5.16 Å². The van der Waals surface area contributed by atoms with Gasteiger partial charge >= 0.3 is 6.09 Å². The second-order valence-corrected chi connectivity index (χ2v) is 8.89. The third-order valence-corrected chi connectivity index (χ3v) is 6.24. The van der Waals surface area contributed by atoms with Gasteiger partial charge in [0.2, 0.25) is 0 Å². The molecule has 0 spiro atoms. The second-order valence-electron chi connectivity index (χ2n) is 8.89. The number of carbonyl (C=O) groups excluding carboxylic acids is 3. The zero-order valence-electron chi connectivity index (χ0n) is 21.2. The maximum atomic E-state index is 13.0. The standard InChI is InChI=1S/C27H25N7O5/c1-15-33-21-10-17(4-8-24(21)38-15)12-29-25(35)22-11-23(31-14-30-22)26(36)34-20-7-5-18-9-16(3-6-19(18)20)13-32-39-27(37)28-2/h3-4,6,8-11,13-14,20H,5,7,12H2,1-2H3,(H,28,37)(H,29,35)(H,34,36)/b32-13+. The Labute approximate surface area is 222 Å². The average molecular weight is 528 g/mol. The first-order valence-electron chi connectivity index (χ1n) is 12.2. The number of aryl methyl sites for hydroxylation is 2. The summed E-state index contributed by atoms with van der Waals surface area (Å²) in [7, 11) is 1.45. The van der Waals surface area contributed by atoms with Crippen LogP contribution in [0.25, 0.3) is 11.1 Å². The van der Waals surface area contributed by atoms with Crippen LogP contribution in [-0.4, -0.2) is 46.1 Å². The Morgan fingerprint density at radius 1 is 1.10 bits per heavy atom. The van der Waals surface area contributed by atoms with E-state index in [0.717, 1.165) is 28.7 Å². The van der Waals surface area contributed by atoms with E-state index in [4.69, 9.17) is 4.42 Å². The molecular formula is C27H25N7O5. The molecule has 2 aromatic heterocycles. The monoisotopic (exact) mass is 527 g/mol. The second kappa shape index (κ2) is 11.1. The van der Waals surface area contributed by atoms with E-state index in [0.29, 0.717) is 23.4 Å². The highest BCUT2D eigenvalue weighted by molar-refractivity contribution is 5.97. The first-order valence-corrected chi connectivity index (χ1v) is 12.2. The van der Waals surface area contributed by atoms with Crippen LogP contribution in [0.2, 0.25) is 0 Å². The van der Waals surface area contributed by atoms with Crippen molar-refractivity contribution in [2.75, 3.05) is 7.05 Å². The van der Waals surface area contributed by atoms with Gasteiger partial charge in [0.25, 0.3) is 11.8 Å². The number of aromatic nitrogens is 3. The van der Waals surface area contributed by atoms with Crippen molar-refractivity contribution in [1.29, 1.82) is 0 Å². The molecule has 0 fully saturated rings. The van der Waals surface area contributed by atoms with Gasteiger partial charge in [0.15, 0.2) is 11.5 Å². The van der Waals surface area contributed by atoms with Gasteiger partial charge in [-0.25, -0.2) is 19.7 Å². The summed E-state index contributed by atoms with van der Waals surface area (Å²) in [6, 6.07) is 12.3. The van der Waals surface area contributed by atoms with E-state index in [9.17, 15) is 14.4 Å². The highest BCUT2D eigenvalue weighted by atomic mass is 16.7. The lowest BCUT2D eigenvalue weighted by molar-refractivity contribution is 0.0931. The number of rotatable bonds is 7. The smallest absolute Gasteiger partial charge is 0.433 e. The van der Waals surface area contributed by atoms with E-state index in [-0.39, 0.29) is 24.0 Å². The molecule has 1 aliphatic rings. The molecular weight excluding hydrogens is 502 g/mol. The minimum Gasteiger partial charge on any atom is -0.441 e. The average Bonchev–Trinajstić information content (AvgIpc) is 3.52. The first-order chi connectivity index (χ1) is 18.9. The minimum absolute atomic E-state index is 0.0863. The van der Waals surface area contributed by atoms with Gasteiger partial charge in [-0.2, -0.15) is 0 Å². The van der Waals surface area contributed by atoms with E-state index >= 15 is 0 Å². The summed E-state index contributed by atoms with van der Waals surface area (Å²) in [6.45, 7) is 2.03. The van der Waals surface area contributed by atoms with E-state index < -0.39 is 17.9 Å². The summed E-state index contributed by atoms with van der Waals surface area (Å²) in [6.07, 6.45) is 3.46. The predicted octanol–water partition coefficient (Wildman–Crippen LogP) is 2.96. The van der Waals surface area contributed by atoms with Crippen LogP contribution in [0.3, 0.4) is 0 Å². The van der Waals surface area contributed by atoms with Gasteiger partial charge < -0.3 is 20.4 Å². The summed E-state index contributed by atoms with van der Waals surface area (Å²) in [5.74, 6) is -0.257. The number of amides is 3. The Balaban J connectivity index is 1.20. The molecule has 3 amide bonds. The number of oxime groups is 1. The minimum atomic E-state index is -0.652. The quantitative estimate of drug-likeness (QED) is 0.188. The van der Waals surface area contributed by atoms with Crippen LogP contribution in [-0.2, 0) is 17.8 Å². The fourth-order valence-corrected chi connectivity index (χ4v) is 4.36. The number of hydrogen-bond donors (Lipinski definition) is 3. The largest absolute Gasteiger partial charge is 0.441 e. The van der Waals surface area contributed by atoms with Crippen molar-refractivity contribution >= 4 is 35.2 Å². The highest BCUT2D eigenvalue weighted by Crippen LogP contribution is 2.31. The molecule has 4 aromatic rings. The van der Waals surface area contributed by atoms with Crippen molar-refractivity contribution in [2.45, 2.75) is 32.4 Å². The van der Waals surface area contributed by atoms with Gasteiger partial charge in [-0.05, 0) is 53.3 Å². The molecule has 0 saturated carbocycles. The summed E-state index contributed by atoms with van der Waals surface area (Å²) >= 11 is 0. The third kappa shape index (κ3) is 5.90. The predicted molar refractivity (Wildman–Crippen MR) is 140 cm³/mol. The number of benzene rings is 2. The molecule has 12 heteroatoms. The Morgan fingerprint density at radius 2 is 1.92 bits per heavy atom. The maximum Gasteiger partial charge on any atom is 0.433 e. The molecule has 2 aromatic carbocycles. The van der Waals surface area contributed by atoms with Crippen LogP contribution < -0.4 is 16.0 Å². The van der Waals surface area contributed by atoms with E-state index in [1.54, 1.807) is 13.0 Å². The fraction of sp³-hybridized carbons (Fsp3) is 0.222. The molecule has 0 bridgehead atoms. The molecule has 3 N–H and O–H groups in total. The molecule has 198 valence electrons. The normalized spacial score (nSPS) is 14.3. The summed E-state index contributed by atoms with van der Waals surface area (Å²) in [4.78, 5) is 53.8. The summed E-state index contributed by atoms with van der Waals surface area (Å²) < 4.78 is 5.48. The van der Waals surface area contributed by atoms with Gasteiger partial charge in [-0.1, -0.05) is 23.4 Å². The van der Waals surface area contributed by atoms with Crippen LogP contribution in [0.5, 0.6) is 0 Å². The van der Waals surface area contributed by atoms with Gasteiger partial charge in [0.1, 0.15) is 23.2 Å². The number of oxazole rings is 1. The molecule has 39 heavy (non-hydrogen) atoms. The maximum absolute atomic E-state index is 13.0. The van der Waals surface area contributed by atoms with Gasteiger partial charge in [-0.15, -0.1) is 0 Å². The van der Waals surface area contributed by atoms with Crippen molar-refractivity contribution in [3.05, 3.63) is 88.3 Å². The van der Waals surface area contributed by atoms with Gasteiger partial charge in [0, 0.05) is 26.6 Å². The number of nitrogens with one attached hydrogen (secondary N) is 3. The Hall–Kier alpha value is -5.13. The molecule has 1 unspecified atom stereocenters. The Bertz CT molecular complexity index is 1600. The van der Waals surface area contributed by atoms with Crippen LogP contribution in [0.15, 0.2) is 58.4 Å². The van der Waals surface area contributed by atoms with E-state index in [2.05, 4.69) is 40.9 Å². The number of nitrogens with zero attached hydrogens (tertiary/aromatic N) is 4. The summed E-state index contributed by atoms with van der Waals surface area (Å²) in [5.41, 5.74) is 5.25. The lowest BCUT2D eigenvalue weighted by atomic mass is 10.0. The van der Waals surface area contributed by atoms with Crippen LogP contribution in [0.4, 0.5) is 4.79 Å². The Morgan fingerprint density at radius 3 is 2.74 bits per heavy atom. The van der Waals surface area contributed by atoms with Crippen molar-refractivity contribution in [1.82, 2.24) is 30.9 Å². The molecule has 1 aliphatic carbocycles. The van der Waals surface area contributed by atoms with Crippen LogP contribution in [0, 0.1) is 6.92 Å². The zero-order valence-corrected chi connectivity index (χ0v) is 21.2. The van der Waals surface area contributed by atoms with Crippen molar-refractivity contribution in [3.8, 4) is 0 Å². The number of carbonyl (C=O) groups is 3. The summed E-state index contributed by atoms with van der Waals surface area (Å²) in [5, 5.41) is 11.8. The lowest BCUT2D eigenvalue weighted by Gasteiger charge is -2.14. The number of hydrogen-bond acceptors (Lipinski definition) is 9. The topological polar surface area (TPSA) is 161 Å².